The molecule has 0 unspecified atom stereocenters. The van der Waals surface area contributed by atoms with Gasteiger partial charge in [-0.15, -0.1) is 0 Å². The van der Waals surface area contributed by atoms with Gasteiger partial charge in [0.2, 0.25) is 0 Å². The smallest absolute Gasteiger partial charge is 0.317 e. The number of hydrogen-bond acceptors (Lipinski definition) is 6. The lowest BCUT2D eigenvalue weighted by Gasteiger charge is -2.08. The van der Waals surface area contributed by atoms with E-state index in [4.69, 9.17) is 9.47 Å². The van der Waals surface area contributed by atoms with Crippen LogP contribution in [-0.4, -0.2) is 38.2 Å². The van der Waals surface area contributed by atoms with E-state index in [2.05, 4.69) is 11.7 Å². The van der Waals surface area contributed by atoms with Gasteiger partial charge in [0.15, 0.2) is 0 Å². The maximum Gasteiger partial charge on any atom is 0.317 e. The van der Waals surface area contributed by atoms with Gasteiger partial charge in [-0.3, -0.25) is 14.4 Å². The first-order valence-electron chi connectivity index (χ1n) is 7.03. The SMILES string of the molecule is CCCC/C(=C\CCOC(=O)CC(=O)OC)COC(C)=O. The summed E-state index contributed by atoms with van der Waals surface area (Å²) in [4.78, 5) is 32.9. The summed E-state index contributed by atoms with van der Waals surface area (Å²) in [5.41, 5.74) is 1.01. The van der Waals surface area contributed by atoms with Crippen LogP contribution in [0.25, 0.3) is 0 Å². The van der Waals surface area contributed by atoms with Gasteiger partial charge in [-0.25, -0.2) is 0 Å². The molecule has 0 aliphatic heterocycles. The number of carbonyl (C=O) groups excluding carboxylic acids is 3. The van der Waals surface area contributed by atoms with E-state index >= 15 is 0 Å². The maximum atomic E-state index is 11.2. The first-order valence-corrected chi connectivity index (χ1v) is 7.03. The van der Waals surface area contributed by atoms with Gasteiger partial charge < -0.3 is 14.2 Å². The van der Waals surface area contributed by atoms with Crippen LogP contribution in [0.15, 0.2) is 11.6 Å². The first-order chi connectivity index (χ1) is 9.99. The molecule has 0 bridgehead atoms. The third kappa shape index (κ3) is 11.7. The van der Waals surface area contributed by atoms with Gasteiger partial charge in [-0.05, 0) is 24.8 Å². The minimum Gasteiger partial charge on any atom is -0.469 e. The Morgan fingerprint density at radius 1 is 1.10 bits per heavy atom. The molecule has 0 aromatic rings. The fourth-order valence-corrected chi connectivity index (χ4v) is 1.51. The van der Waals surface area contributed by atoms with Crippen LogP contribution in [0.1, 0.15) is 46.0 Å². The molecule has 0 fully saturated rings. The molecule has 0 spiro atoms. The first kappa shape index (κ1) is 19.1. The summed E-state index contributed by atoms with van der Waals surface area (Å²) in [6.45, 7) is 3.90. The van der Waals surface area contributed by atoms with Gasteiger partial charge >= 0.3 is 17.9 Å². The molecule has 21 heavy (non-hydrogen) atoms. The Balaban J connectivity index is 4.08. The molecule has 0 atom stereocenters. The Kier molecular flexibility index (Phi) is 10.9. The van der Waals surface area contributed by atoms with E-state index in [1.54, 1.807) is 0 Å². The maximum absolute atomic E-state index is 11.2. The summed E-state index contributed by atoms with van der Waals surface area (Å²) in [6.07, 6.45) is 4.95. The molecular weight excluding hydrogens is 276 g/mol. The van der Waals surface area contributed by atoms with E-state index < -0.39 is 11.9 Å². The summed E-state index contributed by atoms with van der Waals surface area (Å²) >= 11 is 0. The lowest BCUT2D eigenvalue weighted by atomic mass is 10.1. The van der Waals surface area contributed by atoms with Crippen LogP contribution in [0.2, 0.25) is 0 Å². The number of unbranched alkanes of at least 4 members (excludes halogenated alkanes) is 1. The van der Waals surface area contributed by atoms with Crippen LogP contribution in [0, 0.1) is 0 Å². The minimum atomic E-state index is -0.617. The monoisotopic (exact) mass is 300 g/mol. The van der Waals surface area contributed by atoms with Crippen LogP contribution in [-0.2, 0) is 28.6 Å². The van der Waals surface area contributed by atoms with Crippen molar-refractivity contribution in [1.29, 1.82) is 0 Å². The van der Waals surface area contributed by atoms with Crippen LogP contribution in [0.5, 0.6) is 0 Å². The zero-order valence-corrected chi connectivity index (χ0v) is 13.0. The molecule has 0 radical (unpaired) electrons. The number of ether oxygens (including phenoxy) is 3. The third-order valence-electron chi connectivity index (χ3n) is 2.64. The van der Waals surface area contributed by atoms with Crippen molar-refractivity contribution in [1.82, 2.24) is 0 Å². The summed E-state index contributed by atoms with van der Waals surface area (Å²) in [5.74, 6) is -1.54. The molecule has 0 saturated carbocycles. The van der Waals surface area contributed by atoms with Crippen LogP contribution in [0.3, 0.4) is 0 Å². The number of rotatable bonds is 10. The van der Waals surface area contributed by atoms with Crippen molar-refractivity contribution in [2.24, 2.45) is 0 Å². The average Bonchev–Trinajstić information content (AvgIpc) is 2.44. The van der Waals surface area contributed by atoms with Crippen LogP contribution >= 0.6 is 0 Å². The standard InChI is InChI=1S/C15H24O6/c1-4-5-7-13(11-21-12(2)16)8-6-9-20-15(18)10-14(17)19-3/h8H,4-7,9-11H2,1-3H3/b13-8+. The van der Waals surface area contributed by atoms with E-state index in [9.17, 15) is 14.4 Å². The fraction of sp³-hybridized carbons (Fsp3) is 0.667. The largest absolute Gasteiger partial charge is 0.469 e. The number of hydrogen-bond donors (Lipinski definition) is 0. The summed E-state index contributed by atoms with van der Waals surface area (Å²) in [5, 5.41) is 0. The predicted molar refractivity (Wildman–Crippen MR) is 76.5 cm³/mol. The van der Waals surface area contributed by atoms with Crippen molar-refractivity contribution >= 4 is 17.9 Å². The van der Waals surface area contributed by atoms with Gasteiger partial charge in [0.25, 0.3) is 0 Å². The Morgan fingerprint density at radius 2 is 1.81 bits per heavy atom. The molecule has 0 aromatic carbocycles. The highest BCUT2D eigenvalue weighted by molar-refractivity contribution is 5.91. The molecule has 0 saturated heterocycles. The van der Waals surface area contributed by atoms with Crippen molar-refractivity contribution < 1.29 is 28.6 Å². The molecule has 6 nitrogen and oxygen atoms in total. The van der Waals surface area contributed by atoms with Gasteiger partial charge in [0.05, 0.1) is 13.7 Å². The average molecular weight is 300 g/mol. The zero-order chi connectivity index (χ0) is 16.1. The van der Waals surface area contributed by atoms with Crippen LogP contribution < -0.4 is 0 Å². The predicted octanol–water partition coefficient (Wildman–Crippen LogP) is 2.16. The molecule has 0 aromatic heterocycles. The molecule has 6 heteroatoms. The van der Waals surface area contributed by atoms with Gasteiger partial charge in [0.1, 0.15) is 13.0 Å². The number of esters is 3. The lowest BCUT2D eigenvalue weighted by molar-refractivity contribution is -0.152. The van der Waals surface area contributed by atoms with Crippen molar-refractivity contribution in [3.63, 3.8) is 0 Å². The second-order valence-corrected chi connectivity index (χ2v) is 4.51. The van der Waals surface area contributed by atoms with Gasteiger partial charge in [-0.1, -0.05) is 19.4 Å². The second-order valence-electron chi connectivity index (χ2n) is 4.51. The van der Waals surface area contributed by atoms with Gasteiger partial charge in [-0.2, -0.15) is 0 Å². The Labute approximate surface area is 125 Å². The number of carbonyl (C=O) groups is 3. The minimum absolute atomic E-state index is 0.186. The summed E-state index contributed by atoms with van der Waals surface area (Å²) in [7, 11) is 1.22. The topological polar surface area (TPSA) is 78.9 Å². The molecule has 0 heterocycles. The Bertz CT molecular complexity index is 372. The van der Waals surface area contributed by atoms with Crippen LogP contribution in [0.4, 0.5) is 0 Å². The van der Waals surface area contributed by atoms with Crippen molar-refractivity contribution in [3.05, 3.63) is 11.6 Å². The highest BCUT2D eigenvalue weighted by atomic mass is 16.5. The zero-order valence-electron chi connectivity index (χ0n) is 13.0. The number of methoxy groups -OCH3 is 1. The lowest BCUT2D eigenvalue weighted by Crippen LogP contribution is -2.13. The molecule has 0 aliphatic rings. The van der Waals surface area contributed by atoms with Crippen molar-refractivity contribution in [2.45, 2.75) is 46.0 Å². The second kappa shape index (κ2) is 11.9. The molecule has 0 rings (SSSR count). The van der Waals surface area contributed by atoms with E-state index in [-0.39, 0.29) is 25.6 Å². The Hall–Kier alpha value is -1.85. The quantitative estimate of drug-likeness (QED) is 0.202. The summed E-state index contributed by atoms with van der Waals surface area (Å²) < 4.78 is 14.2. The Morgan fingerprint density at radius 3 is 2.38 bits per heavy atom. The highest BCUT2D eigenvalue weighted by Gasteiger charge is 2.10. The molecule has 0 aliphatic carbocycles. The molecule has 120 valence electrons. The van der Waals surface area contributed by atoms with Gasteiger partial charge in [0, 0.05) is 6.92 Å². The fourth-order valence-electron chi connectivity index (χ4n) is 1.51. The highest BCUT2D eigenvalue weighted by Crippen LogP contribution is 2.09. The summed E-state index contributed by atoms with van der Waals surface area (Å²) in [6, 6.07) is 0. The third-order valence-corrected chi connectivity index (χ3v) is 2.64. The van der Waals surface area contributed by atoms with E-state index in [0.29, 0.717) is 6.42 Å². The van der Waals surface area contributed by atoms with Crippen molar-refractivity contribution in [2.75, 3.05) is 20.3 Å². The molecule has 0 amide bonds. The molecule has 0 N–H and O–H groups in total. The van der Waals surface area contributed by atoms with E-state index in [1.807, 2.05) is 6.08 Å². The normalized spacial score (nSPS) is 10.9. The molecular formula is C15H24O6. The van der Waals surface area contributed by atoms with Crippen molar-refractivity contribution in [3.8, 4) is 0 Å². The van der Waals surface area contributed by atoms with E-state index in [0.717, 1.165) is 24.8 Å². The van der Waals surface area contributed by atoms with E-state index in [1.165, 1.54) is 14.0 Å².